The summed E-state index contributed by atoms with van der Waals surface area (Å²) >= 11 is 5.98. The lowest BCUT2D eigenvalue weighted by atomic mass is 10.1. The molecule has 3 rings (SSSR count). The smallest absolute Gasteiger partial charge is 0.249 e. The minimum atomic E-state index is -0.128. The minimum absolute atomic E-state index is 0.0139. The number of nitrogens with zero attached hydrogens (tertiary/aromatic N) is 4. The van der Waals surface area contributed by atoms with Crippen LogP contribution < -0.4 is 0 Å². The number of aromatic nitrogens is 3. The standard InChI is InChI=1S/C17H19ClN4O2/c1-12(7-13-3-2-4-14(18)8-13)17(24)21-6-5-16(10-21)22-9-15(11-23)19-20-22/h2-4,7-9,16,23H,5-6,10-11H2,1H3. The summed E-state index contributed by atoms with van der Waals surface area (Å²) in [5, 5.41) is 17.6. The van der Waals surface area contributed by atoms with Gasteiger partial charge in [0.15, 0.2) is 0 Å². The van der Waals surface area contributed by atoms with Crippen LogP contribution in [-0.4, -0.2) is 44.0 Å². The van der Waals surface area contributed by atoms with Gasteiger partial charge in [-0.3, -0.25) is 4.79 Å². The van der Waals surface area contributed by atoms with E-state index in [9.17, 15) is 4.79 Å². The van der Waals surface area contributed by atoms with Gasteiger partial charge in [-0.1, -0.05) is 28.9 Å². The molecule has 1 aromatic heterocycles. The number of hydrogen-bond acceptors (Lipinski definition) is 4. The van der Waals surface area contributed by atoms with Crippen molar-refractivity contribution in [2.45, 2.75) is 26.0 Å². The van der Waals surface area contributed by atoms with Crippen molar-refractivity contribution in [2.24, 2.45) is 0 Å². The molecular weight excluding hydrogens is 328 g/mol. The summed E-state index contributed by atoms with van der Waals surface area (Å²) in [4.78, 5) is 14.4. The van der Waals surface area contributed by atoms with E-state index >= 15 is 0 Å². The highest BCUT2D eigenvalue weighted by Gasteiger charge is 2.28. The molecule has 126 valence electrons. The highest BCUT2D eigenvalue weighted by atomic mass is 35.5. The Labute approximate surface area is 145 Å². The molecule has 6 nitrogen and oxygen atoms in total. The number of benzene rings is 1. The fourth-order valence-corrected chi connectivity index (χ4v) is 3.06. The number of carbonyl (C=O) groups excluding carboxylic acids is 1. The largest absolute Gasteiger partial charge is 0.390 e. The zero-order chi connectivity index (χ0) is 17.1. The van der Waals surface area contributed by atoms with E-state index < -0.39 is 0 Å². The van der Waals surface area contributed by atoms with Gasteiger partial charge in [0, 0.05) is 23.7 Å². The minimum Gasteiger partial charge on any atom is -0.390 e. The predicted molar refractivity (Wildman–Crippen MR) is 91.3 cm³/mol. The zero-order valence-corrected chi connectivity index (χ0v) is 14.1. The van der Waals surface area contributed by atoms with Crippen molar-refractivity contribution in [3.8, 4) is 0 Å². The Morgan fingerprint density at radius 3 is 3.04 bits per heavy atom. The summed E-state index contributed by atoms with van der Waals surface area (Å²) in [7, 11) is 0. The van der Waals surface area contributed by atoms with Crippen LogP contribution in [0, 0.1) is 0 Å². The van der Waals surface area contributed by atoms with Crippen molar-refractivity contribution < 1.29 is 9.90 Å². The number of aliphatic hydroxyl groups is 1. The summed E-state index contributed by atoms with van der Waals surface area (Å²) < 4.78 is 1.73. The van der Waals surface area contributed by atoms with E-state index in [1.807, 2.05) is 36.1 Å². The van der Waals surface area contributed by atoms with Gasteiger partial charge in [-0.05, 0) is 37.1 Å². The number of carbonyl (C=O) groups is 1. The predicted octanol–water partition coefficient (Wildman–Crippen LogP) is 2.30. The average molecular weight is 347 g/mol. The van der Waals surface area contributed by atoms with Gasteiger partial charge < -0.3 is 10.0 Å². The third-order valence-corrected chi connectivity index (χ3v) is 4.35. The first kappa shape index (κ1) is 16.7. The second-order valence-electron chi connectivity index (χ2n) is 5.92. The van der Waals surface area contributed by atoms with Gasteiger partial charge in [0.1, 0.15) is 5.69 Å². The van der Waals surface area contributed by atoms with Crippen molar-refractivity contribution >= 4 is 23.6 Å². The fourth-order valence-electron chi connectivity index (χ4n) is 2.86. The molecule has 1 unspecified atom stereocenters. The van der Waals surface area contributed by atoms with Crippen LogP contribution in [0.15, 0.2) is 36.0 Å². The van der Waals surface area contributed by atoms with Gasteiger partial charge in [0.25, 0.3) is 0 Å². The molecule has 2 aromatic rings. The van der Waals surface area contributed by atoms with E-state index in [4.69, 9.17) is 16.7 Å². The van der Waals surface area contributed by atoms with Crippen LogP contribution in [-0.2, 0) is 11.4 Å². The molecule has 0 spiro atoms. The number of halogens is 1. The second kappa shape index (κ2) is 7.15. The summed E-state index contributed by atoms with van der Waals surface area (Å²) in [6.45, 7) is 2.96. The van der Waals surface area contributed by atoms with Crippen molar-refractivity contribution in [1.29, 1.82) is 0 Å². The van der Waals surface area contributed by atoms with Crippen LogP contribution in [0.4, 0.5) is 0 Å². The highest BCUT2D eigenvalue weighted by Crippen LogP contribution is 2.23. The van der Waals surface area contributed by atoms with Crippen LogP contribution in [0.5, 0.6) is 0 Å². The van der Waals surface area contributed by atoms with E-state index in [2.05, 4.69) is 10.3 Å². The van der Waals surface area contributed by atoms with Crippen LogP contribution in [0.3, 0.4) is 0 Å². The van der Waals surface area contributed by atoms with E-state index in [1.54, 1.807) is 16.9 Å². The first-order valence-electron chi connectivity index (χ1n) is 7.81. The van der Waals surface area contributed by atoms with Crippen LogP contribution in [0.25, 0.3) is 6.08 Å². The highest BCUT2D eigenvalue weighted by molar-refractivity contribution is 6.30. The molecule has 2 heterocycles. The Kier molecular flexibility index (Phi) is 4.97. The number of amides is 1. The van der Waals surface area contributed by atoms with Gasteiger partial charge in [0.2, 0.25) is 5.91 Å². The lowest BCUT2D eigenvalue weighted by Crippen LogP contribution is -2.29. The quantitative estimate of drug-likeness (QED) is 0.862. The SMILES string of the molecule is CC(=Cc1cccc(Cl)c1)C(=O)N1CCC(n2cc(CO)nn2)C1. The molecule has 0 aliphatic carbocycles. The summed E-state index contributed by atoms with van der Waals surface area (Å²) in [6.07, 6.45) is 4.40. The lowest BCUT2D eigenvalue weighted by molar-refractivity contribution is -0.126. The van der Waals surface area contributed by atoms with Gasteiger partial charge in [-0.15, -0.1) is 5.10 Å². The van der Waals surface area contributed by atoms with Crippen molar-refractivity contribution in [3.63, 3.8) is 0 Å². The molecule has 1 N–H and O–H groups in total. The summed E-state index contributed by atoms with van der Waals surface area (Å²) in [5.74, 6) is 0.0139. The molecule has 1 fully saturated rings. The van der Waals surface area contributed by atoms with Crippen molar-refractivity contribution in [1.82, 2.24) is 19.9 Å². The lowest BCUT2D eigenvalue weighted by Gasteiger charge is -2.17. The number of hydrogen-bond donors (Lipinski definition) is 1. The number of rotatable bonds is 4. The Balaban J connectivity index is 1.67. The van der Waals surface area contributed by atoms with Crippen LogP contribution in [0.2, 0.25) is 5.02 Å². The first-order valence-corrected chi connectivity index (χ1v) is 8.19. The van der Waals surface area contributed by atoms with E-state index in [0.29, 0.717) is 29.4 Å². The maximum atomic E-state index is 12.6. The van der Waals surface area contributed by atoms with Gasteiger partial charge in [0.05, 0.1) is 18.8 Å². The molecular formula is C17H19ClN4O2. The second-order valence-corrected chi connectivity index (χ2v) is 6.36. The monoisotopic (exact) mass is 346 g/mol. The van der Waals surface area contributed by atoms with E-state index in [1.165, 1.54) is 0 Å². The fraction of sp³-hybridized carbons (Fsp3) is 0.353. The third-order valence-electron chi connectivity index (χ3n) is 4.11. The Morgan fingerprint density at radius 1 is 1.50 bits per heavy atom. The van der Waals surface area contributed by atoms with Crippen molar-refractivity contribution in [3.05, 3.63) is 52.3 Å². The summed E-state index contributed by atoms with van der Waals surface area (Å²) in [6, 6.07) is 7.51. The maximum Gasteiger partial charge on any atom is 0.249 e. The molecule has 1 atom stereocenters. The summed E-state index contributed by atoms with van der Waals surface area (Å²) in [5.41, 5.74) is 2.12. The van der Waals surface area contributed by atoms with Gasteiger partial charge >= 0.3 is 0 Å². The van der Waals surface area contributed by atoms with Gasteiger partial charge in [-0.25, -0.2) is 4.68 Å². The Hall–Kier alpha value is -2.18. The molecule has 1 amide bonds. The maximum absolute atomic E-state index is 12.6. The number of likely N-dealkylation sites (tertiary alicyclic amines) is 1. The zero-order valence-electron chi connectivity index (χ0n) is 13.4. The number of aliphatic hydroxyl groups excluding tert-OH is 1. The first-order chi connectivity index (χ1) is 11.6. The Bertz CT molecular complexity index is 771. The molecule has 1 aromatic carbocycles. The molecule has 7 heteroatoms. The van der Waals surface area contributed by atoms with Crippen molar-refractivity contribution in [2.75, 3.05) is 13.1 Å². The van der Waals surface area contributed by atoms with Gasteiger partial charge in [-0.2, -0.15) is 0 Å². The molecule has 0 bridgehead atoms. The normalized spacial score (nSPS) is 18.2. The molecule has 24 heavy (non-hydrogen) atoms. The average Bonchev–Trinajstić information content (AvgIpc) is 3.23. The molecule has 1 aliphatic heterocycles. The molecule has 0 radical (unpaired) electrons. The third kappa shape index (κ3) is 3.66. The van der Waals surface area contributed by atoms with Crippen LogP contribution in [0.1, 0.15) is 30.6 Å². The molecule has 0 saturated carbocycles. The van der Waals surface area contributed by atoms with Crippen LogP contribution >= 0.6 is 11.6 Å². The molecule has 1 aliphatic rings. The Morgan fingerprint density at radius 2 is 2.33 bits per heavy atom. The van der Waals surface area contributed by atoms with E-state index in [0.717, 1.165) is 12.0 Å². The topological polar surface area (TPSA) is 71.2 Å². The van der Waals surface area contributed by atoms with E-state index in [-0.39, 0.29) is 18.6 Å². The molecule has 1 saturated heterocycles.